The molecule has 1 aliphatic heterocycles. The number of hydrogen-bond donors (Lipinski definition) is 0. The Bertz CT molecular complexity index is 1960. The van der Waals surface area contributed by atoms with Crippen molar-refractivity contribution in [3.05, 3.63) is 135 Å². The number of fused-ring (bicyclic) bond motifs is 2. The van der Waals surface area contributed by atoms with Crippen molar-refractivity contribution in [3.63, 3.8) is 0 Å². The van der Waals surface area contributed by atoms with E-state index < -0.39 is 23.8 Å². The van der Waals surface area contributed by atoms with E-state index in [0.717, 1.165) is 34.0 Å². The molecule has 0 saturated carbocycles. The molecule has 4 aromatic carbocycles. The van der Waals surface area contributed by atoms with Gasteiger partial charge in [0.2, 0.25) is 0 Å². The number of halogens is 3. The molecule has 0 spiro atoms. The van der Waals surface area contributed by atoms with Crippen molar-refractivity contribution in [1.29, 1.82) is 0 Å². The van der Waals surface area contributed by atoms with E-state index in [2.05, 4.69) is 0 Å². The van der Waals surface area contributed by atoms with Gasteiger partial charge in [-0.1, -0.05) is 84.9 Å². The summed E-state index contributed by atoms with van der Waals surface area (Å²) < 4.78 is 49.0. The van der Waals surface area contributed by atoms with Gasteiger partial charge in [-0.15, -0.1) is 0 Å². The average molecular weight is 626 g/mol. The minimum atomic E-state index is -4.58. The number of carbonyl (C=O) groups excluding carboxylic acids is 1. The highest BCUT2D eigenvalue weighted by molar-refractivity contribution is 5.89. The summed E-state index contributed by atoms with van der Waals surface area (Å²) in [5, 5.41) is 2.01. The minimum absolute atomic E-state index is 0.127. The van der Waals surface area contributed by atoms with Crippen LogP contribution >= 0.6 is 0 Å². The molecule has 0 saturated heterocycles. The number of methoxy groups -OCH3 is 1. The van der Waals surface area contributed by atoms with Gasteiger partial charge in [0.25, 0.3) is 5.56 Å². The summed E-state index contributed by atoms with van der Waals surface area (Å²) in [6.07, 6.45) is -4.29. The molecule has 0 bridgehead atoms. The van der Waals surface area contributed by atoms with Gasteiger partial charge in [0.15, 0.2) is 6.04 Å². The highest BCUT2D eigenvalue weighted by atomic mass is 19.4. The molecular weight excluding hydrogens is 591 g/mol. The number of nitrogens with zero attached hydrogens (tertiary/aromatic N) is 3. The van der Waals surface area contributed by atoms with Gasteiger partial charge in [-0.2, -0.15) is 13.2 Å². The Labute approximate surface area is 265 Å². The topological polar surface area (TPSA) is 54.8 Å². The van der Waals surface area contributed by atoms with E-state index in [1.165, 1.54) is 17.7 Å². The van der Waals surface area contributed by atoms with E-state index in [4.69, 9.17) is 4.74 Å². The van der Waals surface area contributed by atoms with Gasteiger partial charge in [-0.3, -0.25) is 9.36 Å². The van der Waals surface area contributed by atoms with E-state index in [-0.39, 0.29) is 18.6 Å². The van der Waals surface area contributed by atoms with Gasteiger partial charge < -0.3 is 14.5 Å². The zero-order valence-corrected chi connectivity index (χ0v) is 25.8. The van der Waals surface area contributed by atoms with E-state index in [9.17, 15) is 22.8 Å². The fourth-order valence-corrected chi connectivity index (χ4v) is 6.48. The molecule has 1 aliphatic rings. The SMILES string of the molecule is COC(=O)C1CN(Cc2ccccc2)c2c(-c3cccc(C(F)(F)F)c3)c(Cc3cccc4ccccc34)c(CN(C)C)c(=O)n21. The van der Waals surface area contributed by atoms with Crippen molar-refractivity contribution in [2.75, 3.05) is 32.6 Å². The van der Waals surface area contributed by atoms with Gasteiger partial charge >= 0.3 is 12.1 Å². The monoisotopic (exact) mass is 625 g/mol. The number of carbonyl (C=O) groups is 1. The summed E-state index contributed by atoms with van der Waals surface area (Å²) in [5.41, 5.74) is 2.57. The third kappa shape index (κ3) is 5.90. The van der Waals surface area contributed by atoms with Crippen LogP contribution in [0.4, 0.5) is 19.0 Å². The first-order valence-electron chi connectivity index (χ1n) is 15.0. The van der Waals surface area contributed by atoms with Crippen molar-refractivity contribution in [1.82, 2.24) is 9.47 Å². The predicted octanol–water partition coefficient (Wildman–Crippen LogP) is 7.07. The molecule has 0 aliphatic carbocycles. The molecule has 0 amide bonds. The Kier molecular flexibility index (Phi) is 8.44. The number of alkyl halides is 3. The first kappa shape index (κ1) is 31.1. The van der Waals surface area contributed by atoms with Crippen molar-refractivity contribution in [3.8, 4) is 11.1 Å². The maximum atomic E-state index is 14.6. The lowest BCUT2D eigenvalue weighted by atomic mass is 9.89. The van der Waals surface area contributed by atoms with Crippen LogP contribution in [0.3, 0.4) is 0 Å². The van der Waals surface area contributed by atoms with Crippen LogP contribution in [0.15, 0.2) is 102 Å². The van der Waals surface area contributed by atoms with Crippen LogP contribution in [0.2, 0.25) is 0 Å². The number of hydrogen-bond acceptors (Lipinski definition) is 5. The second kappa shape index (κ2) is 12.5. The zero-order chi connectivity index (χ0) is 32.6. The lowest BCUT2D eigenvalue weighted by Gasteiger charge is -2.27. The summed E-state index contributed by atoms with van der Waals surface area (Å²) in [7, 11) is 4.95. The second-order valence-electron chi connectivity index (χ2n) is 11.9. The van der Waals surface area contributed by atoms with Crippen LogP contribution in [-0.2, 0) is 35.2 Å². The van der Waals surface area contributed by atoms with E-state index in [1.54, 1.807) is 6.07 Å². The van der Waals surface area contributed by atoms with Gasteiger partial charge in [0, 0.05) is 24.2 Å². The summed E-state index contributed by atoms with van der Waals surface area (Å²) in [4.78, 5) is 31.7. The first-order chi connectivity index (χ1) is 22.1. The highest BCUT2D eigenvalue weighted by Crippen LogP contribution is 2.44. The van der Waals surface area contributed by atoms with Crippen molar-refractivity contribution >= 4 is 22.6 Å². The number of benzene rings is 4. The Morgan fingerprint density at radius 1 is 0.913 bits per heavy atom. The van der Waals surface area contributed by atoms with Crippen molar-refractivity contribution in [2.24, 2.45) is 0 Å². The Hall–Kier alpha value is -4.89. The number of aromatic nitrogens is 1. The molecule has 46 heavy (non-hydrogen) atoms. The van der Waals surface area contributed by atoms with Crippen LogP contribution in [0, 0.1) is 0 Å². The molecule has 6 rings (SSSR count). The van der Waals surface area contributed by atoms with Crippen molar-refractivity contribution < 1.29 is 22.7 Å². The summed E-state index contributed by atoms with van der Waals surface area (Å²) in [6.45, 7) is 0.681. The van der Waals surface area contributed by atoms with Crippen LogP contribution in [0.25, 0.3) is 21.9 Å². The third-order valence-electron chi connectivity index (χ3n) is 8.49. The number of ether oxygens (including phenoxy) is 1. The summed E-state index contributed by atoms with van der Waals surface area (Å²) >= 11 is 0. The van der Waals surface area contributed by atoms with Crippen LogP contribution in [0.1, 0.15) is 33.9 Å². The normalized spacial score (nSPS) is 14.6. The molecule has 0 fully saturated rings. The average Bonchev–Trinajstić information content (AvgIpc) is 3.41. The molecule has 0 N–H and O–H groups in total. The smallest absolute Gasteiger partial charge is 0.416 e. The number of rotatable bonds is 8. The second-order valence-corrected chi connectivity index (χ2v) is 11.9. The Morgan fingerprint density at radius 2 is 1.61 bits per heavy atom. The van der Waals surface area contributed by atoms with E-state index >= 15 is 0 Å². The molecule has 1 atom stereocenters. The number of pyridine rings is 1. The van der Waals surface area contributed by atoms with E-state index in [1.807, 2.05) is 96.7 Å². The minimum Gasteiger partial charge on any atom is -0.467 e. The maximum absolute atomic E-state index is 14.6. The predicted molar refractivity (Wildman–Crippen MR) is 174 cm³/mol. The molecule has 9 heteroatoms. The zero-order valence-electron chi connectivity index (χ0n) is 25.8. The van der Waals surface area contributed by atoms with Gasteiger partial charge in [-0.05, 0) is 65.7 Å². The molecule has 2 heterocycles. The van der Waals surface area contributed by atoms with Gasteiger partial charge in [-0.25, -0.2) is 4.79 Å². The molecular formula is C37H34F3N3O3. The molecule has 1 aromatic heterocycles. The summed E-state index contributed by atoms with van der Waals surface area (Å²) in [5.74, 6) is -0.187. The van der Waals surface area contributed by atoms with E-state index in [0.29, 0.717) is 41.0 Å². The number of anilines is 1. The fraction of sp³-hybridized carbons (Fsp3) is 0.243. The number of esters is 1. The Morgan fingerprint density at radius 3 is 2.33 bits per heavy atom. The maximum Gasteiger partial charge on any atom is 0.416 e. The first-order valence-corrected chi connectivity index (χ1v) is 15.0. The molecule has 5 aromatic rings. The third-order valence-corrected chi connectivity index (χ3v) is 8.49. The fourth-order valence-electron chi connectivity index (χ4n) is 6.48. The van der Waals surface area contributed by atoms with Crippen LogP contribution < -0.4 is 10.5 Å². The van der Waals surface area contributed by atoms with Crippen LogP contribution in [0.5, 0.6) is 0 Å². The van der Waals surface area contributed by atoms with Gasteiger partial charge in [0.05, 0.1) is 19.2 Å². The molecule has 236 valence electrons. The highest BCUT2D eigenvalue weighted by Gasteiger charge is 2.40. The standard InChI is InChI=1S/C37H34F3N3O3/c1-41(2)22-31-30(20-26-15-9-14-25-13-7-8-18-29(25)26)33(27-16-10-17-28(19-27)37(38,39)40)34-42(21-24-11-5-4-6-12-24)23-32(36(45)46-3)43(34)35(31)44/h4-19,32H,20-23H2,1-3H3. The lowest BCUT2D eigenvalue weighted by molar-refractivity contribution is -0.144. The lowest BCUT2D eigenvalue weighted by Crippen LogP contribution is -2.33. The van der Waals surface area contributed by atoms with Gasteiger partial charge in [0.1, 0.15) is 5.82 Å². The largest absolute Gasteiger partial charge is 0.467 e. The molecule has 6 nitrogen and oxygen atoms in total. The Balaban J connectivity index is 1.71. The van der Waals surface area contributed by atoms with Crippen molar-refractivity contribution in [2.45, 2.75) is 31.7 Å². The summed E-state index contributed by atoms with van der Waals surface area (Å²) in [6, 6.07) is 27.7. The quantitative estimate of drug-likeness (QED) is 0.173. The van der Waals surface area contributed by atoms with Crippen LogP contribution in [-0.4, -0.2) is 43.2 Å². The molecule has 1 unspecified atom stereocenters. The molecule has 0 radical (unpaired) electrons.